The SMILES string of the molecule is O=[N+]([O-])c1ccc(NCC2(CO)CCCC2)c(I)c1. The van der Waals surface area contributed by atoms with Crippen molar-refractivity contribution in [2.45, 2.75) is 25.7 Å². The van der Waals surface area contributed by atoms with Gasteiger partial charge in [-0.15, -0.1) is 0 Å². The molecule has 1 aliphatic carbocycles. The lowest BCUT2D eigenvalue weighted by atomic mass is 9.87. The van der Waals surface area contributed by atoms with Crippen LogP contribution in [0.3, 0.4) is 0 Å². The summed E-state index contributed by atoms with van der Waals surface area (Å²) in [5, 5.41) is 23.5. The summed E-state index contributed by atoms with van der Waals surface area (Å²) >= 11 is 2.09. The molecule has 5 nitrogen and oxygen atoms in total. The van der Waals surface area contributed by atoms with Crippen LogP contribution in [0.4, 0.5) is 11.4 Å². The Kier molecular flexibility index (Phi) is 4.62. The molecule has 2 rings (SSSR count). The van der Waals surface area contributed by atoms with Crippen molar-refractivity contribution in [3.8, 4) is 0 Å². The molecule has 1 aliphatic rings. The van der Waals surface area contributed by atoms with Crippen molar-refractivity contribution in [1.29, 1.82) is 0 Å². The van der Waals surface area contributed by atoms with Gasteiger partial charge in [0, 0.05) is 33.4 Å². The Morgan fingerprint density at radius 3 is 2.63 bits per heavy atom. The molecule has 0 aliphatic heterocycles. The third-order valence-electron chi connectivity index (χ3n) is 3.82. The van der Waals surface area contributed by atoms with Crippen molar-refractivity contribution < 1.29 is 10.0 Å². The van der Waals surface area contributed by atoms with Crippen LogP contribution in [-0.2, 0) is 0 Å². The molecule has 0 radical (unpaired) electrons. The number of halogens is 1. The average Bonchev–Trinajstić information content (AvgIpc) is 2.86. The van der Waals surface area contributed by atoms with Gasteiger partial charge in [-0.05, 0) is 41.5 Å². The molecule has 1 saturated carbocycles. The maximum absolute atomic E-state index is 10.7. The van der Waals surface area contributed by atoms with Crippen LogP contribution in [0.25, 0.3) is 0 Å². The van der Waals surface area contributed by atoms with Gasteiger partial charge in [0.05, 0.1) is 11.5 Å². The molecule has 0 amide bonds. The second kappa shape index (κ2) is 6.04. The fourth-order valence-corrected chi connectivity index (χ4v) is 3.25. The van der Waals surface area contributed by atoms with E-state index in [1.54, 1.807) is 12.1 Å². The van der Waals surface area contributed by atoms with E-state index in [1.165, 1.54) is 18.9 Å². The lowest BCUT2D eigenvalue weighted by Gasteiger charge is -2.27. The van der Waals surface area contributed by atoms with E-state index >= 15 is 0 Å². The van der Waals surface area contributed by atoms with Crippen LogP contribution < -0.4 is 5.32 Å². The van der Waals surface area contributed by atoms with Crippen LogP contribution in [0.2, 0.25) is 0 Å². The number of rotatable bonds is 5. The van der Waals surface area contributed by atoms with E-state index in [0.717, 1.165) is 28.6 Å². The first-order valence-corrected chi connectivity index (χ1v) is 7.43. The number of benzene rings is 1. The van der Waals surface area contributed by atoms with E-state index in [4.69, 9.17) is 0 Å². The van der Waals surface area contributed by atoms with E-state index in [9.17, 15) is 15.2 Å². The van der Waals surface area contributed by atoms with Crippen molar-refractivity contribution >= 4 is 34.0 Å². The number of hydrogen-bond acceptors (Lipinski definition) is 4. The van der Waals surface area contributed by atoms with Gasteiger partial charge in [0.2, 0.25) is 0 Å². The fourth-order valence-electron chi connectivity index (χ4n) is 2.56. The van der Waals surface area contributed by atoms with E-state index in [2.05, 4.69) is 27.9 Å². The van der Waals surface area contributed by atoms with Gasteiger partial charge in [0.1, 0.15) is 0 Å². The number of non-ortho nitro benzene ring substituents is 1. The summed E-state index contributed by atoms with van der Waals surface area (Å²) in [4.78, 5) is 10.3. The third-order valence-corrected chi connectivity index (χ3v) is 4.71. The van der Waals surface area contributed by atoms with Crippen molar-refractivity contribution in [2.75, 3.05) is 18.5 Å². The second-order valence-electron chi connectivity index (χ2n) is 5.14. The van der Waals surface area contributed by atoms with Crippen LogP contribution in [0.1, 0.15) is 25.7 Å². The maximum atomic E-state index is 10.7. The van der Waals surface area contributed by atoms with Crippen LogP contribution in [0.15, 0.2) is 18.2 Å². The quantitative estimate of drug-likeness (QED) is 0.470. The third kappa shape index (κ3) is 3.36. The highest BCUT2D eigenvalue weighted by Crippen LogP contribution is 2.38. The van der Waals surface area contributed by atoms with Gasteiger partial charge >= 0.3 is 0 Å². The number of nitrogens with one attached hydrogen (secondary N) is 1. The van der Waals surface area contributed by atoms with E-state index < -0.39 is 4.92 Å². The lowest BCUT2D eigenvalue weighted by molar-refractivity contribution is -0.384. The zero-order valence-electron chi connectivity index (χ0n) is 10.6. The summed E-state index contributed by atoms with van der Waals surface area (Å²) in [5.41, 5.74) is 0.976. The number of aliphatic hydroxyl groups excluding tert-OH is 1. The highest BCUT2D eigenvalue weighted by Gasteiger charge is 2.33. The van der Waals surface area contributed by atoms with Gasteiger partial charge in [-0.1, -0.05) is 12.8 Å². The monoisotopic (exact) mass is 376 g/mol. The molecule has 1 fully saturated rings. The summed E-state index contributed by atoms with van der Waals surface area (Å²) in [6, 6.07) is 4.80. The topological polar surface area (TPSA) is 75.4 Å². The molecule has 104 valence electrons. The first-order valence-electron chi connectivity index (χ1n) is 6.35. The number of anilines is 1. The molecule has 0 spiro atoms. The predicted octanol–water partition coefficient (Wildman–Crippen LogP) is 3.16. The number of aliphatic hydroxyl groups is 1. The van der Waals surface area contributed by atoms with E-state index in [0.29, 0.717) is 0 Å². The molecule has 0 atom stereocenters. The van der Waals surface area contributed by atoms with Gasteiger partial charge in [-0.2, -0.15) is 0 Å². The van der Waals surface area contributed by atoms with Gasteiger partial charge in [0.25, 0.3) is 5.69 Å². The van der Waals surface area contributed by atoms with Gasteiger partial charge < -0.3 is 10.4 Å². The molecule has 1 aromatic carbocycles. The van der Waals surface area contributed by atoms with Crippen molar-refractivity contribution in [1.82, 2.24) is 0 Å². The average molecular weight is 376 g/mol. The molecule has 0 unspecified atom stereocenters. The van der Waals surface area contributed by atoms with Crippen LogP contribution in [0.5, 0.6) is 0 Å². The zero-order chi connectivity index (χ0) is 13.9. The number of hydrogen-bond donors (Lipinski definition) is 2. The predicted molar refractivity (Wildman–Crippen MR) is 82.3 cm³/mol. The summed E-state index contributed by atoms with van der Waals surface area (Å²) in [5.74, 6) is 0. The lowest BCUT2D eigenvalue weighted by Crippen LogP contribution is -2.30. The molecular weight excluding hydrogens is 359 g/mol. The molecule has 0 saturated heterocycles. The van der Waals surface area contributed by atoms with Gasteiger partial charge in [-0.3, -0.25) is 10.1 Å². The molecule has 6 heteroatoms. The molecule has 1 aromatic rings. The summed E-state index contributed by atoms with van der Waals surface area (Å²) in [6.07, 6.45) is 4.42. The summed E-state index contributed by atoms with van der Waals surface area (Å²) in [7, 11) is 0. The maximum Gasteiger partial charge on any atom is 0.270 e. The highest BCUT2D eigenvalue weighted by molar-refractivity contribution is 14.1. The first-order chi connectivity index (χ1) is 9.06. The Balaban J connectivity index is 2.05. The Bertz CT molecular complexity index is 473. The second-order valence-corrected chi connectivity index (χ2v) is 6.30. The number of nitrogens with zero attached hydrogens (tertiary/aromatic N) is 1. The van der Waals surface area contributed by atoms with E-state index in [1.807, 2.05) is 0 Å². The Hall–Kier alpha value is -0.890. The minimum Gasteiger partial charge on any atom is -0.396 e. The molecule has 19 heavy (non-hydrogen) atoms. The Morgan fingerprint density at radius 2 is 2.11 bits per heavy atom. The van der Waals surface area contributed by atoms with Crippen molar-refractivity contribution in [3.05, 3.63) is 31.9 Å². The van der Waals surface area contributed by atoms with Crippen molar-refractivity contribution in [3.63, 3.8) is 0 Å². The highest BCUT2D eigenvalue weighted by atomic mass is 127. The number of nitro groups is 1. The molecular formula is C13H17IN2O3. The molecule has 0 heterocycles. The molecule has 0 aromatic heterocycles. The number of nitro benzene ring substituents is 1. The largest absolute Gasteiger partial charge is 0.396 e. The Morgan fingerprint density at radius 1 is 1.42 bits per heavy atom. The van der Waals surface area contributed by atoms with Crippen molar-refractivity contribution in [2.24, 2.45) is 5.41 Å². The molecule has 2 N–H and O–H groups in total. The molecule has 0 bridgehead atoms. The normalized spacial score (nSPS) is 17.4. The minimum absolute atomic E-state index is 0.0230. The fraction of sp³-hybridized carbons (Fsp3) is 0.538. The van der Waals surface area contributed by atoms with Crippen LogP contribution >= 0.6 is 22.6 Å². The smallest absolute Gasteiger partial charge is 0.270 e. The Labute approximate surface area is 125 Å². The van der Waals surface area contributed by atoms with Gasteiger partial charge in [0.15, 0.2) is 0 Å². The summed E-state index contributed by atoms with van der Waals surface area (Å²) in [6.45, 7) is 0.918. The van der Waals surface area contributed by atoms with Crippen LogP contribution in [0, 0.1) is 19.1 Å². The van der Waals surface area contributed by atoms with Crippen LogP contribution in [-0.4, -0.2) is 23.2 Å². The van der Waals surface area contributed by atoms with Gasteiger partial charge in [-0.25, -0.2) is 0 Å². The first kappa shape index (κ1) is 14.5. The standard InChI is InChI=1S/C13H17IN2O3/c14-11-7-10(16(18)19)3-4-12(11)15-8-13(9-17)5-1-2-6-13/h3-4,7,15,17H,1-2,5-6,8-9H2. The minimum atomic E-state index is -0.391. The van der Waals surface area contributed by atoms with E-state index in [-0.39, 0.29) is 17.7 Å². The summed E-state index contributed by atoms with van der Waals surface area (Å²) < 4.78 is 0.831. The zero-order valence-corrected chi connectivity index (χ0v) is 12.7.